The van der Waals surface area contributed by atoms with Crippen LogP contribution in [0, 0.1) is 10.1 Å². The molecule has 0 saturated carbocycles. The molecule has 1 aromatic carbocycles. The molecule has 1 N–H and O–H groups in total. The fourth-order valence-electron chi connectivity index (χ4n) is 1.79. The van der Waals surface area contributed by atoms with Crippen LogP contribution < -0.4 is 0 Å². The van der Waals surface area contributed by atoms with E-state index in [2.05, 4.69) is 4.99 Å². The van der Waals surface area contributed by atoms with Crippen molar-refractivity contribution < 1.29 is 10.0 Å². The third-order valence-corrected chi connectivity index (χ3v) is 2.79. The number of non-ortho nitro benzene ring substituents is 1. The maximum atomic E-state index is 10.6. The monoisotopic (exact) mass is 273 g/mol. The van der Waals surface area contributed by atoms with Gasteiger partial charge in [-0.05, 0) is 30.7 Å². The van der Waals surface area contributed by atoms with Gasteiger partial charge in [-0.25, -0.2) is 0 Å². The highest BCUT2D eigenvalue weighted by molar-refractivity contribution is 5.78. The van der Waals surface area contributed by atoms with Crippen LogP contribution in [-0.4, -0.2) is 34.0 Å². The zero-order valence-electron chi connectivity index (χ0n) is 10.8. The number of hydrogen-bond donors (Lipinski definition) is 1. The molecule has 2 aromatic rings. The van der Waals surface area contributed by atoms with Gasteiger partial charge >= 0.3 is 0 Å². The minimum absolute atomic E-state index is 0.0686. The first-order valence-corrected chi connectivity index (χ1v) is 6.25. The second kappa shape index (κ2) is 6.63. The summed E-state index contributed by atoms with van der Waals surface area (Å²) in [5, 5.41) is 19.3. The lowest BCUT2D eigenvalue weighted by Crippen LogP contribution is -1.99. The molecule has 0 fully saturated rings. The Hall–Kier alpha value is -2.47. The number of aliphatic hydroxyl groups excluding tert-OH is 1. The van der Waals surface area contributed by atoms with Crippen LogP contribution >= 0.6 is 0 Å². The van der Waals surface area contributed by atoms with Crippen LogP contribution in [0.3, 0.4) is 0 Å². The van der Waals surface area contributed by atoms with Crippen molar-refractivity contribution in [2.45, 2.75) is 6.42 Å². The van der Waals surface area contributed by atoms with Gasteiger partial charge in [-0.2, -0.15) is 0 Å². The average Bonchev–Trinajstić information content (AvgIpc) is 2.92. The van der Waals surface area contributed by atoms with E-state index in [0.29, 0.717) is 13.0 Å². The van der Waals surface area contributed by atoms with E-state index >= 15 is 0 Å². The topological polar surface area (TPSA) is 80.7 Å². The lowest BCUT2D eigenvalue weighted by Gasteiger charge is -2.05. The Morgan fingerprint density at radius 3 is 2.70 bits per heavy atom. The van der Waals surface area contributed by atoms with E-state index < -0.39 is 4.92 Å². The first-order chi connectivity index (χ1) is 9.72. The number of aromatic nitrogens is 1. The molecule has 0 saturated heterocycles. The first-order valence-electron chi connectivity index (χ1n) is 6.25. The Morgan fingerprint density at radius 2 is 2.05 bits per heavy atom. The Balaban J connectivity index is 2.18. The lowest BCUT2D eigenvalue weighted by molar-refractivity contribution is -0.384. The van der Waals surface area contributed by atoms with Gasteiger partial charge in [0.05, 0.1) is 10.6 Å². The Bertz CT molecular complexity index is 602. The number of nitrogens with zero attached hydrogens (tertiary/aromatic N) is 3. The molecule has 6 nitrogen and oxygen atoms in total. The fraction of sp³-hybridized carbons (Fsp3) is 0.214. The molecule has 6 heteroatoms. The molecule has 104 valence electrons. The number of benzene rings is 1. The van der Waals surface area contributed by atoms with Gasteiger partial charge in [0.2, 0.25) is 0 Å². The molecule has 0 bridgehead atoms. The highest BCUT2D eigenvalue weighted by Crippen LogP contribution is 2.16. The molecule has 0 atom stereocenters. The van der Waals surface area contributed by atoms with E-state index in [-0.39, 0.29) is 12.3 Å². The summed E-state index contributed by atoms with van der Waals surface area (Å²) in [6.07, 6.45) is 4.24. The number of nitro groups is 1. The summed E-state index contributed by atoms with van der Waals surface area (Å²) in [6, 6.07) is 10.1. The van der Waals surface area contributed by atoms with Gasteiger partial charge in [-0.1, -0.05) is 0 Å². The zero-order chi connectivity index (χ0) is 14.4. The predicted molar refractivity (Wildman–Crippen MR) is 76.6 cm³/mol. The minimum Gasteiger partial charge on any atom is -0.396 e. The molecule has 0 aliphatic carbocycles. The highest BCUT2D eigenvalue weighted by atomic mass is 16.6. The Kier molecular flexibility index (Phi) is 4.62. The van der Waals surface area contributed by atoms with Crippen LogP contribution in [0.1, 0.15) is 12.1 Å². The average molecular weight is 273 g/mol. The van der Waals surface area contributed by atoms with E-state index in [0.717, 1.165) is 11.4 Å². The third kappa shape index (κ3) is 3.30. The molecule has 1 heterocycles. The third-order valence-electron chi connectivity index (χ3n) is 2.79. The summed E-state index contributed by atoms with van der Waals surface area (Å²) in [6.45, 7) is 0.697. The van der Waals surface area contributed by atoms with Crippen molar-refractivity contribution in [3.8, 4) is 5.69 Å². The molecule has 0 radical (unpaired) electrons. The molecule has 0 unspecified atom stereocenters. The summed E-state index contributed by atoms with van der Waals surface area (Å²) in [5.74, 6) is 0. The van der Waals surface area contributed by atoms with E-state index in [4.69, 9.17) is 5.11 Å². The van der Waals surface area contributed by atoms with E-state index in [1.54, 1.807) is 18.3 Å². The summed E-state index contributed by atoms with van der Waals surface area (Å²) in [5.41, 5.74) is 1.79. The van der Waals surface area contributed by atoms with E-state index in [1.807, 2.05) is 22.9 Å². The Labute approximate surface area is 116 Å². The highest BCUT2D eigenvalue weighted by Gasteiger charge is 2.06. The van der Waals surface area contributed by atoms with E-state index in [1.165, 1.54) is 12.1 Å². The van der Waals surface area contributed by atoms with Crippen molar-refractivity contribution in [1.29, 1.82) is 0 Å². The summed E-state index contributed by atoms with van der Waals surface area (Å²) in [4.78, 5) is 14.4. The van der Waals surface area contributed by atoms with Crippen LogP contribution in [-0.2, 0) is 0 Å². The van der Waals surface area contributed by atoms with Crippen LogP contribution in [0.25, 0.3) is 5.69 Å². The van der Waals surface area contributed by atoms with Gasteiger partial charge in [0.15, 0.2) is 0 Å². The van der Waals surface area contributed by atoms with Gasteiger partial charge in [0.1, 0.15) is 0 Å². The van der Waals surface area contributed by atoms with Crippen molar-refractivity contribution in [1.82, 2.24) is 4.57 Å². The van der Waals surface area contributed by atoms with Gasteiger partial charge in [0, 0.05) is 43.4 Å². The van der Waals surface area contributed by atoms with Gasteiger partial charge in [-0.3, -0.25) is 15.1 Å². The lowest BCUT2D eigenvalue weighted by atomic mass is 10.3. The van der Waals surface area contributed by atoms with Crippen LogP contribution in [0.4, 0.5) is 5.69 Å². The van der Waals surface area contributed by atoms with Crippen molar-refractivity contribution in [3.63, 3.8) is 0 Å². The fourth-order valence-corrected chi connectivity index (χ4v) is 1.79. The van der Waals surface area contributed by atoms with Crippen molar-refractivity contribution in [2.75, 3.05) is 13.2 Å². The second-order valence-electron chi connectivity index (χ2n) is 4.19. The molecule has 0 spiro atoms. The summed E-state index contributed by atoms with van der Waals surface area (Å²) in [7, 11) is 0. The number of nitro benzene ring substituents is 1. The van der Waals surface area contributed by atoms with Crippen LogP contribution in [0.2, 0.25) is 0 Å². The SMILES string of the molecule is O=[N+]([O-])c1ccc(-n2cccc2C=NCCCO)cc1. The maximum Gasteiger partial charge on any atom is 0.269 e. The quantitative estimate of drug-likeness (QED) is 0.379. The maximum absolute atomic E-state index is 10.6. The van der Waals surface area contributed by atoms with Crippen LogP contribution in [0.15, 0.2) is 47.6 Å². The number of aliphatic imine (C=N–C) groups is 1. The van der Waals surface area contributed by atoms with Crippen LogP contribution in [0.5, 0.6) is 0 Å². The predicted octanol–water partition coefficient (Wildman–Crippen LogP) is 2.19. The number of hydrogen-bond acceptors (Lipinski definition) is 4. The molecule has 0 aliphatic heterocycles. The number of aliphatic hydroxyl groups is 1. The van der Waals surface area contributed by atoms with Crippen molar-refractivity contribution in [2.24, 2.45) is 4.99 Å². The van der Waals surface area contributed by atoms with Gasteiger partial charge < -0.3 is 9.67 Å². The molecule has 20 heavy (non-hydrogen) atoms. The molecule has 0 aliphatic rings. The molecular weight excluding hydrogens is 258 g/mol. The smallest absolute Gasteiger partial charge is 0.269 e. The summed E-state index contributed by atoms with van der Waals surface area (Å²) < 4.78 is 1.90. The molecular formula is C14H15N3O3. The molecule has 2 rings (SSSR count). The summed E-state index contributed by atoms with van der Waals surface area (Å²) >= 11 is 0. The minimum atomic E-state index is -0.420. The normalized spacial score (nSPS) is 11.1. The van der Waals surface area contributed by atoms with Gasteiger partial charge in [0.25, 0.3) is 5.69 Å². The molecule has 0 amide bonds. The number of rotatable bonds is 6. The Morgan fingerprint density at radius 1 is 1.30 bits per heavy atom. The molecule has 1 aromatic heterocycles. The van der Waals surface area contributed by atoms with Crippen molar-refractivity contribution >= 4 is 11.9 Å². The second-order valence-corrected chi connectivity index (χ2v) is 4.19. The van der Waals surface area contributed by atoms with Crippen molar-refractivity contribution in [3.05, 3.63) is 58.4 Å². The van der Waals surface area contributed by atoms with Gasteiger partial charge in [-0.15, -0.1) is 0 Å². The first kappa shape index (κ1) is 14.0. The largest absolute Gasteiger partial charge is 0.396 e. The zero-order valence-corrected chi connectivity index (χ0v) is 10.8. The van der Waals surface area contributed by atoms with E-state index in [9.17, 15) is 10.1 Å². The standard InChI is InChI=1S/C14H15N3O3/c18-10-2-8-15-11-14-3-1-9-16(14)12-4-6-13(7-5-12)17(19)20/h1,3-7,9,11,18H,2,8,10H2.